The molecule has 0 spiro atoms. The Labute approximate surface area is 116 Å². The van der Waals surface area contributed by atoms with Gasteiger partial charge < -0.3 is 14.4 Å². The van der Waals surface area contributed by atoms with Crippen molar-refractivity contribution in [1.29, 1.82) is 0 Å². The molecule has 0 unspecified atom stereocenters. The van der Waals surface area contributed by atoms with E-state index in [1.807, 2.05) is 0 Å². The Bertz CT molecular complexity index is 441. The Hall–Kier alpha value is -0.910. The number of thiol groups is 1. The first-order valence-corrected chi connectivity index (χ1v) is 6.64. The van der Waals surface area contributed by atoms with Crippen LogP contribution in [-0.2, 0) is 9.53 Å². The van der Waals surface area contributed by atoms with Gasteiger partial charge in [0.1, 0.15) is 5.75 Å². The van der Waals surface area contributed by atoms with E-state index in [1.165, 1.54) is 0 Å². The van der Waals surface area contributed by atoms with Crippen LogP contribution in [0.2, 0.25) is 5.02 Å². The van der Waals surface area contributed by atoms with E-state index in [1.54, 1.807) is 23.1 Å². The van der Waals surface area contributed by atoms with Gasteiger partial charge in [-0.3, -0.25) is 4.79 Å². The highest BCUT2D eigenvalue weighted by atomic mass is 35.5. The molecule has 2 rings (SSSR count). The number of fused-ring (bicyclic) bond motifs is 1. The lowest BCUT2D eigenvalue weighted by Crippen LogP contribution is -2.40. The highest BCUT2D eigenvalue weighted by Gasteiger charge is 2.25. The first-order chi connectivity index (χ1) is 8.72. The normalized spacial score (nSPS) is 14.3. The molecule has 0 saturated carbocycles. The Kier molecular flexibility index (Phi) is 4.74. The molecule has 0 radical (unpaired) electrons. The summed E-state index contributed by atoms with van der Waals surface area (Å²) in [6.45, 7) is 1.59. The number of ether oxygens (including phenoxy) is 2. The summed E-state index contributed by atoms with van der Waals surface area (Å²) in [5, 5.41) is 0.577. The third kappa shape index (κ3) is 3.10. The van der Waals surface area contributed by atoms with Gasteiger partial charge in [0.25, 0.3) is 5.91 Å². The average Bonchev–Trinajstić information content (AvgIpc) is 2.36. The molecule has 0 aliphatic carbocycles. The monoisotopic (exact) mass is 287 g/mol. The molecule has 0 bridgehead atoms. The molecule has 0 aromatic heterocycles. The molecule has 0 saturated heterocycles. The number of rotatable bonds is 5. The molecule has 18 heavy (non-hydrogen) atoms. The van der Waals surface area contributed by atoms with Gasteiger partial charge in [-0.05, 0) is 18.2 Å². The highest BCUT2D eigenvalue weighted by molar-refractivity contribution is 7.80. The van der Waals surface area contributed by atoms with Crippen LogP contribution in [0.1, 0.15) is 0 Å². The molecule has 4 nitrogen and oxygen atoms in total. The average molecular weight is 288 g/mol. The summed E-state index contributed by atoms with van der Waals surface area (Å²) >= 11 is 9.99. The van der Waals surface area contributed by atoms with Gasteiger partial charge in [0.05, 0.1) is 18.9 Å². The van der Waals surface area contributed by atoms with E-state index in [4.69, 9.17) is 21.1 Å². The van der Waals surface area contributed by atoms with Crippen molar-refractivity contribution in [2.75, 3.05) is 37.0 Å². The fourth-order valence-electron chi connectivity index (χ4n) is 1.74. The zero-order valence-electron chi connectivity index (χ0n) is 9.76. The molecular weight excluding hydrogens is 274 g/mol. The van der Waals surface area contributed by atoms with Gasteiger partial charge in [-0.25, -0.2) is 0 Å². The summed E-state index contributed by atoms with van der Waals surface area (Å²) in [5.41, 5.74) is 0.702. The number of hydrogen-bond donors (Lipinski definition) is 1. The largest absolute Gasteiger partial charge is 0.482 e. The number of halogens is 1. The summed E-state index contributed by atoms with van der Waals surface area (Å²) in [6.07, 6.45) is 0. The smallest absolute Gasteiger partial charge is 0.265 e. The molecule has 1 aliphatic rings. The second kappa shape index (κ2) is 6.31. The van der Waals surface area contributed by atoms with Gasteiger partial charge >= 0.3 is 0 Å². The summed E-state index contributed by atoms with van der Waals surface area (Å²) in [6, 6.07) is 5.24. The highest BCUT2D eigenvalue weighted by Crippen LogP contribution is 2.34. The van der Waals surface area contributed by atoms with Crippen LogP contribution in [0.5, 0.6) is 5.75 Å². The second-order valence-electron chi connectivity index (χ2n) is 3.78. The van der Waals surface area contributed by atoms with Crippen LogP contribution in [-0.4, -0.2) is 38.0 Å². The van der Waals surface area contributed by atoms with Gasteiger partial charge in [0, 0.05) is 17.3 Å². The van der Waals surface area contributed by atoms with E-state index >= 15 is 0 Å². The molecule has 0 N–H and O–H groups in total. The number of carbonyl (C=O) groups is 1. The first kappa shape index (κ1) is 13.5. The maximum absolute atomic E-state index is 11.8. The molecule has 98 valence electrons. The van der Waals surface area contributed by atoms with Crippen LogP contribution in [0.4, 0.5) is 5.69 Å². The fourth-order valence-corrected chi connectivity index (χ4v) is 2.04. The predicted octanol–water partition coefficient (Wildman–Crippen LogP) is 2.01. The Morgan fingerprint density at radius 3 is 3.06 bits per heavy atom. The van der Waals surface area contributed by atoms with Crippen molar-refractivity contribution in [2.45, 2.75) is 0 Å². The molecule has 0 fully saturated rings. The molecule has 1 aliphatic heterocycles. The minimum absolute atomic E-state index is 0.0567. The lowest BCUT2D eigenvalue weighted by atomic mass is 10.2. The Morgan fingerprint density at radius 2 is 2.28 bits per heavy atom. The summed E-state index contributed by atoms with van der Waals surface area (Å²) in [5.74, 6) is 1.26. The van der Waals surface area contributed by atoms with Gasteiger partial charge in [0.15, 0.2) is 6.61 Å². The van der Waals surface area contributed by atoms with E-state index in [-0.39, 0.29) is 12.5 Å². The first-order valence-electron chi connectivity index (χ1n) is 5.63. The van der Waals surface area contributed by atoms with Crippen molar-refractivity contribution in [1.82, 2.24) is 0 Å². The van der Waals surface area contributed by atoms with Gasteiger partial charge in [-0.15, -0.1) is 0 Å². The van der Waals surface area contributed by atoms with Crippen LogP contribution < -0.4 is 9.64 Å². The van der Waals surface area contributed by atoms with Crippen LogP contribution in [0.15, 0.2) is 18.2 Å². The SMILES string of the molecule is O=C1COc2ccc(Cl)cc2N1CCOCCS. The number of hydrogen-bond acceptors (Lipinski definition) is 4. The number of carbonyl (C=O) groups excluding carboxylic acids is 1. The minimum atomic E-state index is -0.0840. The topological polar surface area (TPSA) is 38.8 Å². The maximum Gasteiger partial charge on any atom is 0.265 e. The zero-order chi connectivity index (χ0) is 13.0. The van der Waals surface area contributed by atoms with Crippen molar-refractivity contribution < 1.29 is 14.3 Å². The molecule has 1 aromatic carbocycles. The number of amides is 1. The minimum Gasteiger partial charge on any atom is -0.482 e. The van der Waals surface area contributed by atoms with Crippen LogP contribution >= 0.6 is 24.2 Å². The summed E-state index contributed by atoms with van der Waals surface area (Å²) in [7, 11) is 0. The van der Waals surface area contributed by atoms with E-state index in [0.29, 0.717) is 42.0 Å². The van der Waals surface area contributed by atoms with Crippen molar-refractivity contribution in [2.24, 2.45) is 0 Å². The quantitative estimate of drug-likeness (QED) is 0.665. The van der Waals surface area contributed by atoms with Gasteiger partial charge in [-0.2, -0.15) is 12.6 Å². The van der Waals surface area contributed by atoms with Gasteiger partial charge in [-0.1, -0.05) is 11.6 Å². The molecule has 1 aromatic rings. The molecule has 1 amide bonds. The molecule has 0 atom stereocenters. The lowest BCUT2D eigenvalue weighted by molar-refractivity contribution is -0.121. The summed E-state index contributed by atoms with van der Waals surface area (Å²) in [4.78, 5) is 13.5. The number of anilines is 1. The summed E-state index contributed by atoms with van der Waals surface area (Å²) < 4.78 is 10.7. The van der Waals surface area contributed by atoms with E-state index in [9.17, 15) is 4.79 Å². The standard InChI is InChI=1S/C12H14ClNO3S/c13-9-1-2-11-10(7-9)14(12(15)8-17-11)3-4-16-5-6-18/h1-2,7,18H,3-6,8H2. The van der Waals surface area contributed by atoms with Crippen molar-refractivity contribution in [3.63, 3.8) is 0 Å². The van der Waals surface area contributed by atoms with E-state index in [0.717, 1.165) is 0 Å². The van der Waals surface area contributed by atoms with Crippen LogP contribution in [0.25, 0.3) is 0 Å². The molecule has 1 heterocycles. The fraction of sp³-hybridized carbons (Fsp3) is 0.417. The lowest BCUT2D eigenvalue weighted by Gasteiger charge is -2.29. The Morgan fingerprint density at radius 1 is 1.44 bits per heavy atom. The molecular formula is C12H14ClNO3S. The zero-order valence-corrected chi connectivity index (χ0v) is 11.4. The van der Waals surface area contributed by atoms with Crippen molar-refractivity contribution in [3.8, 4) is 5.75 Å². The molecule has 6 heteroatoms. The number of benzene rings is 1. The number of nitrogens with zero attached hydrogens (tertiary/aromatic N) is 1. The Balaban J connectivity index is 2.09. The van der Waals surface area contributed by atoms with Crippen LogP contribution in [0.3, 0.4) is 0 Å². The van der Waals surface area contributed by atoms with Crippen molar-refractivity contribution in [3.05, 3.63) is 23.2 Å². The third-order valence-electron chi connectivity index (χ3n) is 2.56. The van der Waals surface area contributed by atoms with E-state index < -0.39 is 0 Å². The van der Waals surface area contributed by atoms with Crippen molar-refractivity contribution >= 4 is 35.8 Å². The van der Waals surface area contributed by atoms with Gasteiger partial charge in [0.2, 0.25) is 0 Å². The predicted molar refractivity (Wildman–Crippen MR) is 74.0 cm³/mol. The maximum atomic E-state index is 11.8. The third-order valence-corrected chi connectivity index (χ3v) is 2.98. The van der Waals surface area contributed by atoms with Crippen LogP contribution in [0, 0.1) is 0 Å². The van der Waals surface area contributed by atoms with E-state index in [2.05, 4.69) is 12.6 Å². The second-order valence-corrected chi connectivity index (χ2v) is 4.67.